The van der Waals surface area contributed by atoms with E-state index in [4.69, 9.17) is 9.47 Å². The number of amides is 2. The number of carbonyl (C=O) groups is 3. The number of nitrogens with one attached hydrogen (secondary N) is 1. The number of ether oxygens (including phenoxy) is 2. The summed E-state index contributed by atoms with van der Waals surface area (Å²) in [7, 11) is 1.55. The topological polar surface area (TPSA) is 91.4 Å². The first kappa shape index (κ1) is 25.6. The van der Waals surface area contributed by atoms with Gasteiger partial charge in [0.2, 0.25) is 5.91 Å². The molecule has 4 rings (SSSR count). The molecule has 0 spiro atoms. The Morgan fingerprint density at radius 1 is 1.14 bits per heavy atom. The molecule has 0 aromatic heterocycles. The third kappa shape index (κ3) is 5.22. The second-order valence-electron chi connectivity index (χ2n) is 10.7. The van der Waals surface area contributed by atoms with Gasteiger partial charge in [0.05, 0.1) is 6.54 Å². The van der Waals surface area contributed by atoms with Gasteiger partial charge in [0.15, 0.2) is 5.78 Å². The van der Waals surface area contributed by atoms with E-state index in [9.17, 15) is 14.4 Å². The number of rotatable bonds is 6. The van der Waals surface area contributed by atoms with Crippen LogP contribution in [-0.4, -0.2) is 105 Å². The van der Waals surface area contributed by atoms with Crippen LogP contribution in [0.25, 0.3) is 0 Å². The summed E-state index contributed by atoms with van der Waals surface area (Å²) in [5, 5.41) is 2.95. The smallest absolute Gasteiger partial charge is 0.251 e. The van der Waals surface area contributed by atoms with Crippen molar-refractivity contribution < 1.29 is 23.9 Å². The number of hydrogen-bond acceptors (Lipinski definition) is 7. The highest BCUT2D eigenvalue weighted by atomic mass is 16.5. The van der Waals surface area contributed by atoms with Crippen LogP contribution in [0.15, 0.2) is 24.3 Å². The maximum atomic E-state index is 13.7. The fraction of sp³-hybridized carbons (Fsp3) is 0.654. The van der Waals surface area contributed by atoms with Gasteiger partial charge in [0, 0.05) is 44.5 Å². The second kappa shape index (κ2) is 10.2. The van der Waals surface area contributed by atoms with E-state index in [-0.39, 0.29) is 36.9 Å². The second-order valence-corrected chi connectivity index (χ2v) is 10.7. The molecule has 192 valence electrons. The fourth-order valence-electron chi connectivity index (χ4n) is 5.22. The van der Waals surface area contributed by atoms with Crippen LogP contribution in [0.2, 0.25) is 0 Å². The molecule has 1 unspecified atom stereocenters. The third-order valence-electron chi connectivity index (χ3n) is 7.43. The van der Waals surface area contributed by atoms with E-state index in [1.165, 1.54) is 4.90 Å². The number of piperazine rings is 1. The summed E-state index contributed by atoms with van der Waals surface area (Å²) >= 11 is 0. The van der Waals surface area contributed by atoms with Gasteiger partial charge >= 0.3 is 0 Å². The van der Waals surface area contributed by atoms with E-state index in [0.717, 1.165) is 38.4 Å². The first-order valence-electron chi connectivity index (χ1n) is 12.5. The molecule has 3 fully saturated rings. The predicted molar refractivity (Wildman–Crippen MR) is 133 cm³/mol. The van der Waals surface area contributed by atoms with Gasteiger partial charge in [-0.3, -0.25) is 14.4 Å². The summed E-state index contributed by atoms with van der Waals surface area (Å²) in [6.45, 7) is 13.2. The number of hydrogen-bond donors (Lipinski definition) is 1. The molecule has 2 amide bonds. The molecular formula is C26H38N4O5. The number of nitrogens with zero attached hydrogens (tertiary/aromatic N) is 3. The van der Waals surface area contributed by atoms with Gasteiger partial charge < -0.3 is 29.5 Å². The van der Waals surface area contributed by atoms with Crippen LogP contribution in [0.5, 0.6) is 0 Å². The molecule has 35 heavy (non-hydrogen) atoms. The number of fused-ring (bicyclic) bond motifs is 1. The van der Waals surface area contributed by atoms with Gasteiger partial charge in [-0.15, -0.1) is 0 Å². The van der Waals surface area contributed by atoms with Gasteiger partial charge in [-0.1, -0.05) is 27.7 Å². The average Bonchev–Trinajstić information content (AvgIpc) is 3.41. The van der Waals surface area contributed by atoms with Gasteiger partial charge in [-0.05, 0) is 36.2 Å². The highest BCUT2D eigenvalue weighted by Gasteiger charge is 2.54. The number of carbonyl (C=O) groups excluding carboxylic acids is 3. The summed E-state index contributed by atoms with van der Waals surface area (Å²) in [6, 6.07) is 6.08. The molecule has 1 aromatic rings. The van der Waals surface area contributed by atoms with Crippen molar-refractivity contribution in [2.75, 3.05) is 57.9 Å². The van der Waals surface area contributed by atoms with Gasteiger partial charge in [-0.25, -0.2) is 0 Å². The number of Topliss-reactive ketones (excluding diaryl/α,β-unsaturated/α-hetero) is 1. The average molecular weight is 487 g/mol. The summed E-state index contributed by atoms with van der Waals surface area (Å²) in [6.07, 6.45) is -0.821. The van der Waals surface area contributed by atoms with Gasteiger partial charge in [-0.2, -0.15) is 0 Å². The maximum absolute atomic E-state index is 13.7. The van der Waals surface area contributed by atoms with Crippen LogP contribution in [0.1, 0.15) is 38.1 Å². The number of likely N-dealkylation sites (tertiary alicyclic amines) is 1. The predicted octanol–water partition coefficient (Wildman–Crippen LogP) is 1.17. The third-order valence-corrected chi connectivity index (χ3v) is 7.43. The molecule has 3 aliphatic heterocycles. The van der Waals surface area contributed by atoms with Crippen molar-refractivity contribution in [2.24, 2.45) is 5.41 Å². The van der Waals surface area contributed by atoms with E-state index in [1.807, 2.05) is 45.0 Å². The minimum absolute atomic E-state index is 0.0225. The number of benzene rings is 1. The summed E-state index contributed by atoms with van der Waals surface area (Å²) < 4.78 is 11.1. The quantitative estimate of drug-likeness (QED) is 0.645. The van der Waals surface area contributed by atoms with Gasteiger partial charge in [0.1, 0.15) is 30.9 Å². The number of methoxy groups -OCH3 is 1. The Labute approximate surface area is 207 Å². The standard InChI is InChI=1S/C26H38N4O5/c1-6-28-11-13-29(14-12-28)18-9-7-17(8-10-18)24(32)27-23(26(2,3)4)25(33)30-15-20(34-5)22-21(30)19(31)16-35-22/h7-10,20-23H,6,11-16H2,1-5H3,(H,27,32)/t20-,21+,22+,23?/m0/s1. The lowest BCUT2D eigenvalue weighted by molar-refractivity contribution is -0.140. The Morgan fingerprint density at radius 2 is 1.80 bits per heavy atom. The molecule has 3 heterocycles. The van der Waals surface area contributed by atoms with Crippen molar-refractivity contribution in [3.05, 3.63) is 29.8 Å². The number of ketones is 1. The lowest BCUT2D eigenvalue weighted by atomic mass is 9.85. The lowest BCUT2D eigenvalue weighted by Crippen LogP contribution is -2.57. The zero-order valence-electron chi connectivity index (χ0n) is 21.5. The molecule has 0 bridgehead atoms. The highest BCUT2D eigenvalue weighted by molar-refractivity contribution is 5.99. The molecule has 9 heteroatoms. The Balaban J connectivity index is 1.46. The summed E-state index contributed by atoms with van der Waals surface area (Å²) in [5.41, 5.74) is 1.03. The first-order valence-corrected chi connectivity index (χ1v) is 12.5. The minimum atomic E-state index is -0.804. The van der Waals surface area contributed by atoms with Crippen LogP contribution >= 0.6 is 0 Å². The van der Waals surface area contributed by atoms with Crippen molar-refractivity contribution in [1.29, 1.82) is 0 Å². The molecule has 0 saturated carbocycles. The van der Waals surface area contributed by atoms with Crippen molar-refractivity contribution >= 4 is 23.3 Å². The molecule has 1 N–H and O–H groups in total. The summed E-state index contributed by atoms with van der Waals surface area (Å²) in [5.74, 6) is -0.726. The van der Waals surface area contributed by atoms with Crippen molar-refractivity contribution in [1.82, 2.24) is 15.1 Å². The molecule has 1 aromatic carbocycles. The van der Waals surface area contributed by atoms with Crippen molar-refractivity contribution in [3.63, 3.8) is 0 Å². The van der Waals surface area contributed by atoms with Crippen LogP contribution in [0, 0.1) is 5.41 Å². The Kier molecular flexibility index (Phi) is 7.49. The van der Waals surface area contributed by atoms with E-state index in [0.29, 0.717) is 5.56 Å². The van der Waals surface area contributed by atoms with Crippen molar-refractivity contribution in [2.45, 2.75) is 52.0 Å². The molecule has 0 aliphatic carbocycles. The monoisotopic (exact) mass is 486 g/mol. The Bertz CT molecular complexity index is 936. The molecule has 3 aliphatic rings. The first-order chi connectivity index (χ1) is 16.6. The number of likely N-dealkylation sites (N-methyl/N-ethyl adjacent to an activating group) is 1. The SMILES string of the molecule is CCN1CCN(c2ccc(C(=O)NC(C(=O)N3C[C@H](OC)[C@H]4OCC(=O)[C@H]43)C(C)(C)C)cc2)CC1. The van der Waals surface area contributed by atoms with Crippen LogP contribution in [0.3, 0.4) is 0 Å². The van der Waals surface area contributed by atoms with Crippen LogP contribution < -0.4 is 10.2 Å². The lowest BCUT2D eigenvalue weighted by Gasteiger charge is -2.35. The molecule has 0 radical (unpaired) electrons. The molecule has 4 atom stereocenters. The minimum Gasteiger partial charge on any atom is -0.377 e. The molecule has 3 saturated heterocycles. The largest absolute Gasteiger partial charge is 0.377 e. The molecular weight excluding hydrogens is 448 g/mol. The fourth-order valence-corrected chi connectivity index (χ4v) is 5.22. The van der Waals surface area contributed by atoms with E-state index < -0.39 is 23.6 Å². The van der Waals surface area contributed by atoms with Crippen molar-refractivity contribution in [3.8, 4) is 0 Å². The van der Waals surface area contributed by atoms with E-state index in [2.05, 4.69) is 22.0 Å². The van der Waals surface area contributed by atoms with Gasteiger partial charge in [0.25, 0.3) is 5.91 Å². The van der Waals surface area contributed by atoms with E-state index in [1.54, 1.807) is 7.11 Å². The zero-order chi connectivity index (χ0) is 25.3. The number of anilines is 1. The molecule has 9 nitrogen and oxygen atoms in total. The van der Waals surface area contributed by atoms with E-state index >= 15 is 0 Å². The highest BCUT2D eigenvalue weighted by Crippen LogP contribution is 2.32. The maximum Gasteiger partial charge on any atom is 0.251 e. The zero-order valence-corrected chi connectivity index (χ0v) is 21.5. The van der Waals surface area contributed by atoms with Crippen LogP contribution in [-0.2, 0) is 19.1 Å². The summed E-state index contributed by atoms with van der Waals surface area (Å²) in [4.78, 5) is 45.6. The normalized spacial score (nSPS) is 26.1. The Hall–Kier alpha value is -2.49. The Morgan fingerprint density at radius 3 is 2.37 bits per heavy atom. The van der Waals surface area contributed by atoms with Crippen LogP contribution in [0.4, 0.5) is 5.69 Å².